The number of amides is 2. The van der Waals surface area contributed by atoms with Crippen molar-refractivity contribution >= 4 is 17.5 Å². The highest BCUT2D eigenvalue weighted by Crippen LogP contribution is 2.21. The fraction of sp³-hybridized carbons (Fsp3) is 0.409. The standard InChI is InChI=1S/C22H28N4O2/c1-14-10-15(2)24-16(3)20(14)25-22(28)18-7-4-6-17(11-18)12-26-9-5-8-19(13-26)21(23)27/h4,6-7,10-11,19H,5,8-9,12-13H2,1-3H3,(H2,23,27)(H,25,28)/t19-/m0/s1. The molecule has 0 radical (unpaired) electrons. The van der Waals surface area contributed by atoms with Gasteiger partial charge in [-0.2, -0.15) is 0 Å². The molecule has 2 amide bonds. The van der Waals surface area contributed by atoms with Gasteiger partial charge in [0.25, 0.3) is 5.91 Å². The van der Waals surface area contributed by atoms with Crippen molar-refractivity contribution in [1.82, 2.24) is 9.88 Å². The molecule has 1 fully saturated rings. The van der Waals surface area contributed by atoms with Crippen LogP contribution < -0.4 is 11.1 Å². The number of carbonyl (C=O) groups is 2. The Kier molecular flexibility index (Phi) is 6.09. The second kappa shape index (κ2) is 8.52. The van der Waals surface area contributed by atoms with Crippen LogP contribution in [0.3, 0.4) is 0 Å². The molecular weight excluding hydrogens is 352 g/mol. The number of nitrogens with one attached hydrogen (secondary N) is 1. The second-order valence-electron chi connectivity index (χ2n) is 7.67. The van der Waals surface area contributed by atoms with Gasteiger partial charge < -0.3 is 11.1 Å². The maximum atomic E-state index is 12.8. The number of anilines is 1. The quantitative estimate of drug-likeness (QED) is 0.835. The van der Waals surface area contributed by atoms with Gasteiger partial charge in [-0.3, -0.25) is 19.5 Å². The molecule has 0 unspecified atom stereocenters. The number of nitrogens with two attached hydrogens (primary N) is 1. The highest BCUT2D eigenvalue weighted by Gasteiger charge is 2.24. The molecule has 1 atom stereocenters. The van der Waals surface area contributed by atoms with Gasteiger partial charge in [-0.15, -0.1) is 0 Å². The van der Waals surface area contributed by atoms with E-state index in [-0.39, 0.29) is 17.7 Å². The third kappa shape index (κ3) is 4.75. The van der Waals surface area contributed by atoms with E-state index in [0.717, 1.165) is 47.6 Å². The first-order chi connectivity index (χ1) is 13.3. The molecule has 3 rings (SSSR count). The summed E-state index contributed by atoms with van der Waals surface area (Å²) < 4.78 is 0. The topological polar surface area (TPSA) is 88.3 Å². The van der Waals surface area contributed by atoms with Crippen LogP contribution in [0.15, 0.2) is 30.3 Å². The Labute approximate surface area is 166 Å². The van der Waals surface area contributed by atoms with Crippen LogP contribution >= 0.6 is 0 Å². The molecule has 1 aromatic heterocycles. The van der Waals surface area contributed by atoms with Crippen LogP contribution in [-0.4, -0.2) is 34.8 Å². The van der Waals surface area contributed by atoms with E-state index in [1.807, 2.05) is 51.1 Å². The number of rotatable bonds is 5. The Bertz CT molecular complexity index is 871. The van der Waals surface area contributed by atoms with E-state index in [4.69, 9.17) is 5.73 Å². The predicted molar refractivity (Wildman–Crippen MR) is 110 cm³/mol. The highest BCUT2D eigenvalue weighted by atomic mass is 16.2. The van der Waals surface area contributed by atoms with E-state index >= 15 is 0 Å². The molecule has 6 heteroatoms. The van der Waals surface area contributed by atoms with E-state index in [1.54, 1.807) is 0 Å². The third-order valence-electron chi connectivity index (χ3n) is 5.27. The van der Waals surface area contributed by atoms with E-state index < -0.39 is 0 Å². The molecule has 0 saturated carbocycles. The van der Waals surface area contributed by atoms with Gasteiger partial charge >= 0.3 is 0 Å². The fourth-order valence-electron chi connectivity index (χ4n) is 3.90. The van der Waals surface area contributed by atoms with Crippen LogP contribution in [0.1, 0.15) is 45.7 Å². The lowest BCUT2D eigenvalue weighted by Crippen LogP contribution is -2.40. The molecule has 2 heterocycles. The molecule has 28 heavy (non-hydrogen) atoms. The predicted octanol–water partition coefficient (Wildman–Crippen LogP) is 2.96. The number of hydrogen-bond donors (Lipinski definition) is 2. The molecule has 2 aromatic rings. The molecule has 0 aliphatic carbocycles. The van der Waals surface area contributed by atoms with Crippen LogP contribution in [-0.2, 0) is 11.3 Å². The zero-order valence-electron chi connectivity index (χ0n) is 16.8. The summed E-state index contributed by atoms with van der Waals surface area (Å²) in [4.78, 5) is 30.9. The Hall–Kier alpha value is -2.73. The van der Waals surface area contributed by atoms with Crippen molar-refractivity contribution in [2.45, 2.75) is 40.2 Å². The SMILES string of the molecule is Cc1cc(C)c(NC(=O)c2cccc(CN3CCC[C@H](C(N)=O)C3)c2)c(C)n1. The molecule has 1 aliphatic heterocycles. The van der Waals surface area contributed by atoms with Gasteiger partial charge in [-0.05, 0) is 69.5 Å². The van der Waals surface area contributed by atoms with E-state index in [0.29, 0.717) is 18.7 Å². The molecule has 0 spiro atoms. The number of likely N-dealkylation sites (tertiary alicyclic amines) is 1. The number of carbonyl (C=O) groups excluding carboxylic acids is 2. The van der Waals surface area contributed by atoms with Gasteiger partial charge in [0.15, 0.2) is 0 Å². The summed E-state index contributed by atoms with van der Waals surface area (Å²) in [6, 6.07) is 9.59. The first kappa shape index (κ1) is 20.0. The maximum absolute atomic E-state index is 12.8. The number of benzene rings is 1. The number of hydrogen-bond acceptors (Lipinski definition) is 4. The number of primary amides is 1. The Morgan fingerprint density at radius 3 is 2.75 bits per heavy atom. The Morgan fingerprint density at radius 2 is 2.04 bits per heavy atom. The van der Waals surface area contributed by atoms with Gasteiger partial charge in [0, 0.05) is 24.3 Å². The summed E-state index contributed by atoms with van der Waals surface area (Å²) in [6.07, 6.45) is 1.82. The first-order valence-electron chi connectivity index (χ1n) is 9.70. The summed E-state index contributed by atoms with van der Waals surface area (Å²) >= 11 is 0. The lowest BCUT2D eigenvalue weighted by molar-refractivity contribution is -0.123. The first-order valence-corrected chi connectivity index (χ1v) is 9.70. The number of aryl methyl sites for hydroxylation is 3. The molecular formula is C22H28N4O2. The summed E-state index contributed by atoms with van der Waals surface area (Å²) in [6.45, 7) is 8.14. The van der Waals surface area contributed by atoms with Crippen molar-refractivity contribution in [3.05, 3.63) is 58.4 Å². The van der Waals surface area contributed by atoms with Crippen LogP contribution in [0.5, 0.6) is 0 Å². The minimum atomic E-state index is -0.227. The van der Waals surface area contributed by atoms with Crippen molar-refractivity contribution in [3.8, 4) is 0 Å². The minimum Gasteiger partial charge on any atom is -0.369 e. The third-order valence-corrected chi connectivity index (χ3v) is 5.27. The minimum absolute atomic E-state index is 0.0831. The summed E-state index contributed by atoms with van der Waals surface area (Å²) in [7, 11) is 0. The highest BCUT2D eigenvalue weighted by molar-refractivity contribution is 6.05. The summed E-state index contributed by atoms with van der Waals surface area (Å²) in [5.41, 5.74) is 10.6. The lowest BCUT2D eigenvalue weighted by atomic mass is 9.97. The van der Waals surface area contributed by atoms with Crippen molar-refractivity contribution in [2.24, 2.45) is 11.7 Å². The smallest absolute Gasteiger partial charge is 0.255 e. The average Bonchev–Trinajstić information content (AvgIpc) is 2.65. The zero-order valence-corrected chi connectivity index (χ0v) is 16.8. The monoisotopic (exact) mass is 380 g/mol. The zero-order chi connectivity index (χ0) is 20.3. The van der Waals surface area contributed by atoms with Gasteiger partial charge in [-0.25, -0.2) is 0 Å². The average molecular weight is 380 g/mol. The molecule has 0 bridgehead atoms. The van der Waals surface area contributed by atoms with Crippen molar-refractivity contribution < 1.29 is 9.59 Å². The Balaban J connectivity index is 1.71. The summed E-state index contributed by atoms with van der Waals surface area (Å²) in [5, 5.41) is 3.00. The van der Waals surface area contributed by atoms with E-state index in [9.17, 15) is 9.59 Å². The molecule has 1 aromatic carbocycles. The van der Waals surface area contributed by atoms with Gasteiger partial charge in [0.2, 0.25) is 5.91 Å². The van der Waals surface area contributed by atoms with E-state index in [1.165, 1.54) is 0 Å². The van der Waals surface area contributed by atoms with E-state index in [2.05, 4.69) is 15.2 Å². The number of nitrogens with zero attached hydrogens (tertiary/aromatic N) is 2. The second-order valence-corrected chi connectivity index (χ2v) is 7.67. The van der Waals surface area contributed by atoms with Crippen molar-refractivity contribution in [1.29, 1.82) is 0 Å². The van der Waals surface area contributed by atoms with Crippen LogP contribution in [0.2, 0.25) is 0 Å². The maximum Gasteiger partial charge on any atom is 0.255 e. The van der Waals surface area contributed by atoms with Crippen LogP contribution in [0.4, 0.5) is 5.69 Å². The number of piperidine rings is 1. The van der Waals surface area contributed by atoms with Gasteiger partial charge in [-0.1, -0.05) is 12.1 Å². The fourth-order valence-corrected chi connectivity index (χ4v) is 3.90. The molecule has 1 saturated heterocycles. The normalized spacial score (nSPS) is 17.3. The van der Waals surface area contributed by atoms with Gasteiger partial charge in [0.1, 0.15) is 0 Å². The van der Waals surface area contributed by atoms with Crippen LogP contribution in [0, 0.1) is 26.7 Å². The molecule has 148 valence electrons. The Morgan fingerprint density at radius 1 is 1.25 bits per heavy atom. The van der Waals surface area contributed by atoms with Gasteiger partial charge in [0.05, 0.1) is 17.3 Å². The summed E-state index contributed by atoms with van der Waals surface area (Å²) in [5.74, 6) is -0.456. The van der Waals surface area contributed by atoms with Crippen molar-refractivity contribution in [3.63, 3.8) is 0 Å². The number of aromatic nitrogens is 1. The largest absolute Gasteiger partial charge is 0.369 e. The van der Waals surface area contributed by atoms with Crippen molar-refractivity contribution in [2.75, 3.05) is 18.4 Å². The lowest BCUT2D eigenvalue weighted by Gasteiger charge is -2.31. The molecule has 3 N–H and O–H groups in total. The van der Waals surface area contributed by atoms with Crippen LogP contribution in [0.25, 0.3) is 0 Å². The molecule has 6 nitrogen and oxygen atoms in total. The molecule has 1 aliphatic rings. The number of pyridine rings is 1.